The summed E-state index contributed by atoms with van der Waals surface area (Å²) in [7, 11) is 4.12. The zero-order valence-electron chi connectivity index (χ0n) is 30.5. The van der Waals surface area contributed by atoms with Crippen LogP contribution in [-0.2, 0) is 9.53 Å². The van der Waals surface area contributed by atoms with Gasteiger partial charge in [-0.25, -0.2) is 0 Å². The van der Waals surface area contributed by atoms with Gasteiger partial charge < -0.3 is 9.64 Å². The molecule has 3 nitrogen and oxygen atoms in total. The van der Waals surface area contributed by atoms with Gasteiger partial charge in [0.25, 0.3) is 0 Å². The van der Waals surface area contributed by atoms with Crippen LogP contribution in [0.2, 0.25) is 0 Å². The molecule has 0 amide bonds. The molecule has 262 valence electrons. The molecule has 1 aliphatic carbocycles. The number of esters is 1. The van der Waals surface area contributed by atoms with Gasteiger partial charge in [-0.2, -0.15) is 0 Å². The average Bonchev–Trinajstić information content (AvgIpc) is 3.03. The molecule has 0 aromatic heterocycles. The minimum Gasteiger partial charge on any atom is -0.462 e. The number of ether oxygens (including phenoxy) is 1. The fourth-order valence-electron chi connectivity index (χ4n) is 5.84. The third kappa shape index (κ3) is 30.5. The van der Waals surface area contributed by atoms with Gasteiger partial charge in [0, 0.05) is 6.42 Å². The summed E-state index contributed by atoms with van der Waals surface area (Å²) in [6.07, 6.45) is 55.7. The minimum atomic E-state index is 0.00211. The van der Waals surface area contributed by atoms with E-state index in [1.54, 1.807) is 0 Å². The van der Waals surface area contributed by atoms with Crippen LogP contribution in [0.4, 0.5) is 0 Å². The molecule has 0 aromatic carbocycles. The summed E-state index contributed by atoms with van der Waals surface area (Å²) in [5, 5.41) is 0. The molecule has 0 saturated carbocycles. The van der Waals surface area contributed by atoms with Crippen molar-refractivity contribution in [2.24, 2.45) is 5.92 Å². The molecular weight excluding hydrogens is 562 g/mol. The summed E-state index contributed by atoms with van der Waals surface area (Å²) in [5.41, 5.74) is 0. The van der Waals surface area contributed by atoms with E-state index >= 15 is 0 Å². The highest BCUT2D eigenvalue weighted by molar-refractivity contribution is 5.69. The van der Waals surface area contributed by atoms with Crippen molar-refractivity contribution in [1.29, 1.82) is 0 Å². The van der Waals surface area contributed by atoms with Gasteiger partial charge in [0.15, 0.2) is 0 Å². The molecule has 0 N–H and O–H groups in total. The van der Waals surface area contributed by atoms with Gasteiger partial charge in [-0.1, -0.05) is 131 Å². The molecule has 0 aromatic rings. The molecule has 1 rings (SSSR count). The Balaban J connectivity index is 2.47. The second kappa shape index (κ2) is 32.8. The van der Waals surface area contributed by atoms with E-state index in [0.29, 0.717) is 12.3 Å². The maximum atomic E-state index is 12.5. The van der Waals surface area contributed by atoms with Crippen LogP contribution in [0.1, 0.15) is 161 Å². The van der Waals surface area contributed by atoms with Crippen molar-refractivity contribution in [3.63, 3.8) is 0 Å². The zero-order valence-corrected chi connectivity index (χ0v) is 30.5. The minimum absolute atomic E-state index is 0.00211. The first-order chi connectivity index (χ1) is 22.6. The SMILES string of the molecule is CC1C=CCC=CCC=CCCCCCCCCC(OC(=O)CCCN(C)C)CCCCCCCCC=CCC=CCC=CCC1. The highest BCUT2D eigenvalue weighted by Crippen LogP contribution is 2.18. The van der Waals surface area contributed by atoms with E-state index in [1.165, 1.54) is 96.3 Å². The highest BCUT2D eigenvalue weighted by atomic mass is 16.5. The van der Waals surface area contributed by atoms with Crippen molar-refractivity contribution in [2.75, 3.05) is 20.6 Å². The summed E-state index contributed by atoms with van der Waals surface area (Å²) in [5.74, 6) is 0.641. The highest BCUT2D eigenvalue weighted by Gasteiger charge is 2.14. The molecule has 2 atom stereocenters. The van der Waals surface area contributed by atoms with E-state index in [9.17, 15) is 4.79 Å². The molecular formula is C43H73NO2. The normalized spacial score (nSPS) is 22.5. The Morgan fingerprint density at radius 3 is 1.52 bits per heavy atom. The predicted molar refractivity (Wildman–Crippen MR) is 203 cm³/mol. The fourth-order valence-corrected chi connectivity index (χ4v) is 5.84. The van der Waals surface area contributed by atoms with E-state index in [2.05, 4.69) is 98.8 Å². The molecule has 0 heterocycles. The van der Waals surface area contributed by atoms with Crippen LogP contribution in [0.15, 0.2) is 72.9 Å². The van der Waals surface area contributed by atoms with E-state index in [-0.39, 0.29) is 12.1 Å². The summed E-state index contributed by atoms with van der Waals surface area (Å²) in [6.45, 7) is 3.26. The second-order valence-electron chi connectivity index (χ2n) is 13.7. The van der Waals surface area contributed by atoms with Crippen molar-refractivity contribution in [3.05, 3.63) is 72.9 Å². The van der Waals surface area contributed by atoms with Crippen molar-refractivity contribution in [2.45, 2.75) is 167 Å². The smallest absolute Gasteiger partial charge is 0.306 e. The summed E-state index contributed by atoms with van der Waals surface area (Å²) < 4.78 is 5.99. The summed E-state index contributed by atoms with van der Waals surface area (Å²) in [4.78, 5) is 14.7. The van der Waals surface area contributed by atoms with Gasteiger partial charge in [-0.05, 0) is 123 Å². The number of nitrogens with zero attached hydrogens (tertiary/aromatic N) is 1. The molecule has 2 unspecified atom stereocenters. The van der Waals surface area contributed by atoms with Gasteiger partial charge in [0.2, 0.25) is 0 Å². The zero-order chi connectivity index (χ0) is 33.2. The summed E-state index contributed by atoms with van der Waals surface area (Å²) >= 11 is 0. The lowest BCUT2D eigenvalue weighted by Crippen LogP contribution is -2.20. The monoisotopic (exact) mass is 636 g/mol. The maximum absolute atomic E-state index is 12.5. The first-order valence-corrected chi connectivity index (χ1v) is 19.3. The van der Waals surface area contributed by atoms with E-state index in [0.717, 1.165) is 57.9 Å². The number of rotatable bonds is 5. The molecule has 0 bridgehead atoms. The Morgan fingerprint density at radius 2 is 1.00 bits per heavy atom. The van der Waals surface area contributed by atoms with Gasteiger partial charge in [0.05, 0.1) is 0 Å². The van der Waals surface area contributed by atoms with Gasteiger partial charge in [0.1, 0.15) is 6.10 Å². The second-order valence-corrected chi connectivity index (χ2v) is 13.7. The Kier molecular flexibility index (Phi) is 29.9. The Morgan fingerprint density at radius 1 is 0.565 bits per heavy atom. The van der Waals surface area contributed by atoms with Crippen molar-refractivity contribution < 1.29 is 9.53 Å². The molecule has 0 saturated heterocycles. The largest absolute Gasteiger partial charge is 0.462 e. The standard InChI is InChI=1S/C43H73NO2/c1-41-35-30-26-22-18-14-10-6-4-5-7-12-16-20-24-28-32-37-42(46-43(45)39-34-40-44(2)3)38-33-29-25-21-17-13-9-8-11-15-19-23-27-31-36-41/h4-5,8,10-11,14,19,22-23,26,31,36,41-42H,6-7,9,12-13,15-18,20-21,24-25,27-30,32-35,37-40H2,1-3H3. The fraction of sp³-hybridized carbons (Fsp3) is 0.698. The van der Waals surface area contributed by atoms with E-state index in [1.807, 2.05) is 0 Å². The molecule has 0 aliphatic heterocycles. The third-order valence-electron chi connectivity index (χ3n) is 8.75. The summed E-state index contributed by atoms with van der Waals surface area (Å²) in [6, 6.07) is 0. The Hall–Kier alpha value is -2.13. The predicted octanol–water partition coefficient (Wildman–Crippen LogP) is 12.8. The number of allylic oxidation sites excluding steroid dienone is 12. The average molecular weight is 636 g/mol. The Bertz CT molecular complexity index is 862. The Labute approximate surface area is 286 Å². The molecule has 3 heteroatoms. The lowest BCUT2D eigenvalue weighted by molar-refractivity contribution is -0.150. The van der Waals surface area contributed by atoms with Crippen LogP contribution in [-0.4, -0.2) is 37.6 Å². The van der Waals surface area contributed by atoms with Crippen LogP contribution in [0, 0.1) is 5.92 Å². The first-order valence-electron chi connectivity index (χ1n) is 19.3. The van der Waals surface area contributed by atoms with Crippen LogP contribution >= 0.6 is 0 Å². The van der Waals surface area contributed by atoms with Crippen molar-refractivity contribution in [1.82, 2.24) is 4.90 Å². The van der Waals surface area contributed by atoms with Crippen LogP contribution in [0.25, 0.3) is 0 Å². The van der Waals surface area contributed by atoms with Crippen molar-refractivity contribution in [3.8, 4) is 0 Å². The molecule has 0 radical (unpaired) electrons. The number of carbonyl (C=O) groups excluding carboxylic acids is 1. The quantitative estimate of drug-likeness (QED) is 0.222. The van der Waals surface area contributed by atoms with Gasteiger partial charge >= 0.3 is 5.97 Å². The van der Waals surface area contributed by atoms with Gasteiger partial charge in [-0.15, -0.1) is 0 Å². The maximum Gasteiger partial charge on any atom is 0.306 e. The molecule has 1 aliphatic rings. The number of hydrogen-bond acceptors (Lipinski definition) is 3. The molecule has 0 fully saturated rings. The van der Waals surface area contributed by atoms with Gasteiger partial charge in [-0.3, -0.25) is 4.79 Å². The number of carbonyl (C=O) groups is 1. The van der Waals surface area contributed by atoms with Crippen LogP contribution in [0.3, 0.4) is 0 Å². The molecule has 0 spiro atoms. The van der Waals surface area contributed by atoms with Crippen LogP contribution < -0.4 is 0 Å². The third-order valence-corrected chi connectivity index (χ3v) is 8.75. The first kappa shape index (κ1) is 41.9. The van der Waals surface area contributed by atoms with E-state index in [4.69, 9.17) is 4.74 Å². The lowest BCUT2D eigenvalue weighted by Gasteiger charge is -2.18. The number of hydrogen-bond donors (Lipinski definition) is 0. The topological polar surface area (TPSA) is 29.5 Å². The van der Waals surface area contributed by atoms with Crippen molar-refractivity contribution >= 4 is 5.97 Å². The lowest BCUT2D eigenvalue weighted by atomic mass is 10.0. The molecule has 46 heavy (non-hydrogen) atoms. The van der Waals surface area contributed by atoms with E-state index < -0.39 is 0 Å². The van der Waals surface area contributed by atoms with Crippen LogP contribution in [0.5, 0.6) is 0 Å².